The van der Waals surface area contributed by atoms with Crippen molar-refractivity contribution in [3.8, 4) is 11.6 Å². The lowest BCUT2D eigenvalue weighted by Crippen LogP contribution is -2.11. The van der Waals surface area contributed by atoms with Gasteiger partial charge in [0.1, 0.15) is 17.9 Å². The van der Waals surface area contributed by atoms with Gasteiger partial charge in [0.2, 0.25) is 11.8 Å². The Morgan fingerprint density at radius 2 is 2.00 bits per heavy atom. The van der Waals surface area contributed by atoms with Crippen molar-refractivity contribution >= 4 is 5.95 Å². The van der Waals surface area contributed by atoms with E-state index in [2.05, 4.69) is 39.3 Å². The van der Waals surface area contributed by atoms with Crippen molar-refractivity contribution in [2.24, 2.45) is 0 Å². The Kier molecular flexibility index (Phi) is 4.64. The summed E-state index contributed by atoms with van der Waals surface area (Å²) < 4.78 is 20.5. The highest BCUT2D eigenvalue weighted by Gasteiger charge is 2.08. The van der Waals surface area contributed by atoms with Crippen molar-refractivity contribution in [3.63, 3.8) is 0 Å². The molecule has 0 fully saturated rings. The van der Waals surface area contributed by atoms with Crippen LogP contribution in [0.3, 0.4) is 0 Å². The smallest absolute Gasteiger partial charge is 0.226 e. The van der Waals surface area contributed by atoms with E-state index in [-0.39, 0.29) is 11.9 Å². The number of nitrogens with zero attached hydrogens (tertiary/aromatic N) is 5. The zero-order valence-corrected chi connectivity index (χ0v) is 13.3. The van der Waals surface area contributed by atoms with Gasteiger partial charge in [-0.1, -0.05) is 0 Å². The van der Waals surface area contributed by atoms with Crippen LogP contribution in [0.5, 0.6) is 11.6 Å². The third-order valence-electron chi connectivity index (χ3n) is 3.27. The van der Waals surface area contributed by atoms with Gasteiger partial charge < -0.3 is 14.6 Å². The topological polar surface area (TPSA) is 77.8 Å². The summed E-state index contributed by atoms with van der Waals surface area (Å²) in [5.74, 6) is 1.75. The number of rotatable bonds is 6. The van der Waals surface area contributed by atoms with Gasteiger partial charge in [-0.25, -0.2) is 9.37 Å². The van der Waals surface area contributed by atoms with Gasteiger partial charge in [-0.3, -0.25) is 0 Å². The van der Waals surface area contributed by atoms with E-state index in [1.807, 2.05) is 4.57 Å². The van der Waals surface area contributed by atoms with E-state index in [0.29, 0.717) is 24.1 Å². The quantitative estimate of drug-likeness (QED) is 0.749. The molecule has 8 heteroatoms. The molecule has 3 rings (SSSR count). The van der Waals surface area contributed by atoms with Crippen molar-refractivity contribution in [1.29, 1.82) is 0 Å². The van der Waals surface area contributed by atoms with Crippen molar-refractivity contribution in [2.75, 3.05) is 5.32 Å². The second-order valence-electron chi connectivity index (χ2n) is 5.38. The zero-order valence-electron chi connectivity index (χ0n) is 13.3. The summed E-state index contributed by atoms with van der Waals surface area (Å²) in [4.78, 5) is 8.42. The molecule has 3 aromatic rings. The molecule has 1 N–H and O–H groups in total. The van der Waals surface area contributed by atoms with E-state index in [1.54, 1.807) is 18.6 Å². The molecule has 0 spiro atoms. The van der Waals surface area contributed by atoms with Gasteiger partial charge in [-0.2, -0.15) is 4.98 Å². The first-order chi connectivity index (χ1) is 11.6. The van der Waals surface area contributed by atoms with Crippen LogP contribution in [0, 0.1) is 5.82 Å². The first kappa shape index (κ1) is 15.9. The van der Waals surface area contributed by atoms with Crippen molar-refractivity contribution in [1.82, 2.24) is 24.7 Å². The summed E-state index contributed by atoms with van der Waals surface area (Å²) in [6.07, 6.45) is 3.28. The largest absolute Gasteiger partial charge is 0.439 e. The summed E-state index contributed by atoms with van der Waals surface area (Å²) >= 11 is 0. The predicted octanol–water partition coefficient (Wildman–Crippen LogP) is 3.19. The summed E-state index contributed by atoms with van der Waals surface area (Å²) in [5, 5.41) is 11.1. The summed E-state index contributed by atoms with van der Waals surface area (Å²) in [5.41, 5.74) is 0. The molecule has 24 heavy (non-hydrogen) atoms. The van der Waals surface area contributed by atoms with Gasteiger partial charge in [0.25, 0.3) is 0 Å². The number of aromatic nitrogens is 5. The molecule has 2 heterocycles. The molecule has 124 valence electrons. The molecule has 2 aromatic heterocycles. The highest BCUT2D eigenvalue weighted by atomic mass is 19.1. The third-order valence-corrected chi connectivity index (χ3v) is 3.27. The number of hydrogen-bond acceptors (Lipinski definition) is 6. The van der Waals surface area contributed by atoms with Crippen LogP contribution in [0.1, 0.15) is 25.7 Å². The standard InChI is InChI=1S/C16H17FN6O/c1-11(2)23-10-20-22-14(23)9-19-16-18-8-7-15(21-16)24-13-5-3-12(17)4-6-13/h3-8,10-11H,9H2,1-2H3,(H,18,19,21). The fraction of sp³-hybridized carbons (Fsp3) is 0.250. The van der Waals surface area contributed by atoms with Crippen LogP contribution in [0.4, 0.5) is 10.3 Å². The lowest BCUT2D eigenvalue weighted by atomic mass is 10.3. The molecule has 0 saturated heterocycles. The maximum absolute atomic E-state index is 12.9. The zero-order chi connectivity index (χ0) is 16.9. The highest BCUT2D eigenvalue weighted by Crippen LogP contribution is 2.20. The molecule has 0 radical (unpaired) electrons. The molecular formula is C16H17FN6O. The first-order valence-electron chi connectivity index (χ1n) is 7.50. The number of anilines is 1. The molecule has 0 saturated carbocycles. The van der Waals surface area contributed by atoms with E-state index >= 15 is 0 Å². The van der Waals surface area contributed by atoms with E-state index in [1.165, 1.54) is 24.3 Å². The Labute approximate surface area is 138 Å². The number of halogens is 1. The molecule has 0 amide bonds. The van der Waals surface area contributed by atoms with Crippen LogP contribution in [0.15, 0.2) is 42.9 Å². The normalized spacial score (nSPS) is 10.8. The SMILES string of the molecule is CC(C)n1cnnc1CNc1nccc(Oc2ccc(F)cc2)n1. The van der Waals surface area contributed by atoms with Crippen LogP contribution in [0.25, 0.3) is 0 Å². The summed E-state index contributed by atoms with van der Waals surface area (Å²) in [6, 6.07) is 7.63. The van der Waals surface area contributed by atoms with Gasteiger partial charge in [-0.15, -0.1) is 10.2 Å². The van der Waals surface area contributed by atoms with Crippen LogP contribution < -0.4 is 10.1 Å². The fourth-order valence-electron chi connectivity index (χ4n) is 2.09. The van der Waals surface area contributed by atoms with Gasteiger partial charge in [0.15, 0.2) is 5.82 Å². The van der Waals surface area contributed by atoms with E-state index in [0.717, 1.165) is 5.82 Å². The van der Waals surface area contributed by atoms with Crippen LogP contribution in [0.2, 0.25) is 0 Å². The van der Waals surface area contributed by atoms with Gasteiger partial charge in [0, 0.05) is 18.3 Å². The van der Waals surface area contributed by atoms with E-state index < -0.39 is 0 Å². The maximum Gasteiger partial charge on any atom is 0.226 e. The molecule has 0 aliphatic heterocycles. The minimum absolute atomic E-state index is 0.269. The number of benzene rings is 1. The Balaban J connectivity index is 1.67. The average Bonchev–Trinajstić information content (AvgIpc) is 3.04. The molecule has 0 aliphatic carbocycles. The van der Waals surface area contributed by atoms with Crippen LogP contribution in [-0.4, -0.2) is 24.7 Å². The minimum atomic E-state index is -0.318. The molecule has 1 aromatic carbocycles. The van der Waals surface area contributed by atoms with Crippen molar-refractivity contribution in [2.45, 2.75) is 26.4 Å². The molecular weight excluding hydrogens is 311 g/mol. The Morgan fingerprint density at radius 1 is 1.21 bits per heavy atom. The maximum atomic E-state index is 12.9. The lowest BCUT2D eigenvalue weighted by molar-refractivity contribution is 0.460. The van der Waals surface area contributed by atoms with Gasteiger partial charge in [0.05, 0.1) is 6.54 Å². The lowest BCUT2D eigenvalue weighted by Gasteiger charge is -2.11. The van der Waals surface area contributed by atoms with Gasteiger partial charge >= 0.3 is 0 Å². The van der Waals surface area contributed by atoms with Crippen molar-refractivity contribution < 1.29 is 9.13 Å². The second kappa shape index (κ2) is 7.03. The Hall–Kier alpha value is -3.03. The first-order valence-corrected chi connectivity index (χ1v) is 7.50. The van der Waals surface area contributed by atoms with Crippen molar-refractivity contribution in [3.05, 3.63) is 54.5 Å². The second-order valence-corrected chi connectivity index (χ2v) is 5.38. The fourth-order valence-corrected chi connectivity index (χ4v) is 2.09. The monoisotopic (exact) mass is 328 g/mol. The Bertz CT molecular complexity index is 802. The number of nitrogens with one attached hydrogen (secondary N) is 1. The van der Waals surface area contributed by atoms with Crippen LogP contribution >= 0.6 is 0 Å². The highest BCUT2D eigenvalue weighted by molar-refractivity contribution is 5.31. The minimum Gasteiger partial charge on any atom is -0.439 e. The number of hydrogen-bond donors (Lipinski definition) is 1. The van der Waals surface area contributed by atoms with Crippen LogP contribution in [-0.2, 0) is 6.54 Å². The molecule has 7 nitrogen and oxygen atoms in total. The number of ether oxygens (including phenoxy) is 1. The average molecular weight is 328 g/mol. The van der Waals surface area contributed by atoms with Gasteiger partial charge in [-0.05, 0) is 38.1 Å². The predicted molar refractivity (Wildman–Crippen MR) is 86.2 cm³/mol. The molecule has 0 unspecified atom stereocenters. The summed E-state index contributed by atoms with van der Waals surface area (Å²) in [6.45, 7) is 4.55. The third kappa shape index (κ3) is 3.83. The molecule has 0 atom stereocenters. The molecule has 0 aliphatic rings. The summed E-state index contributed by atoms with van der Waals surface area (Å²) in [7, 11) is 0. The molecule has 0 bridgehead atoms. The van der Waals surface area contributed by atoms with E-state index in [9.17, 15) is 4.39 Å². The Morgan fingerprint density at radius 3 is 2.75 bits per heavy atom. The van der Waals surface area contributed by atoms with E-state index in [4.69, 9.17) is 4.74 Å².